The fourth-order valence-corrected chi connectivity index (χ4v) is 5.04. The smallest absolute Gasteiger partial charge is 0.232 e. The molecule has 0 aromatic carbocycles. The Bertz CT molecular complexity index is 697. The van der Waals surface area contributed by atoms with Gasteiger partial charge in [-0.25, -0.2) is 14.4 Å². The number of aromatic nitrogens is 2. The van der Waals surface area contributed by atoms with Gasteiger partial charge in [0.1, 0.15) is 0 Å². The van der Waals surface area contributed by atoms with Gasteiger partial charge in [-0.05, 0) is 43.7 Å². The lowest BCUT2D eigenvalue weighted by molar-refractivity contribution is -0.161. The number of nitrogens with zero attached hydrogens (tertiary/aromatic N) is 5. The molecule has 158 valence electrons. The van der Waals surface area contributed by atoms with Crippen LogP contribution in [0, 0.1) is 5.41 Å². The van der Waals surface area contributed by atoms with E-state index in [1.54, 1.807) is 18.5 Å². The summed E-state index contributed by atoms with van der Waals surface area (Å²) in [6, 6.07) is 1.80. The number of rotatable bonds is 6. The van der Waals surface area contributed by atoms with E-state index in [0.717, 1.165) is 69.3 Å². The minimum atomic E-state index is -1.49. The molecule has 2 amide bonds. The molecule has 29 heavy (non-hydrogen) atoms. The van der Waals surface area contributed by atoms with Gasteiger partial charge in [-0.2, -0.15) is 0 Å². The summed E-state index contributed by atoms with van der Waals surface area (Å²) >= 11 is 0. The average molecular weight is 404 g/mol. The number of likely N-dealkylation sites (tertiary alicyclic amines) is 1. The summed E-state index contributed by atoms with van der Waals surface area (Å²) in [6.45, 7) is 4.20. The number of carbonyl (C=O) groups is 2. The third-order valence-electron chi connectivity index (χ3n) is 6.66. The van der Waals surface area contributed by atoms with Crippen LogP contribution >= 0.6 is 0 Å². The van der Waals surface area contributed by atoms with Crippen molar-refractivity contribution in [2.45, 2.75) is 57.7 Å². The van der Waals surface area contributed by atoms with E-state index in [-0.39, 0.29) is 23.7 Å². The quantitative estimate of drug-likeness (QED) is 0.537. The number of imide groups is 1. The molecule has 8 heteroatoms. The summed E-state index contributed by atoms with van der Waals surface area (Å²) in [5, 5.41) is 0. The normalized spacial score (nSPS) is 23.8. The average Bonchev–Trinajstić information content (AvgIpc) is 3.15. The number of piperidine rings is 1. The molecule has 1 saturated carbocycles. The Hall–Kier alpha value is -2.09. The van der Waals surface area contributed by atoms with Crippen LogP contribution in [-0.2, 0) is 9.59 Å². The molecule has 0 N–H and O–H groups in total. The van der Waals surface area contributed by atoms with Crippen LogP contribution in [0.3, 0.4) is 0 Å². The number of halogens is 1. The van der Waals surface area contributed by atoms with Crippen LogP contribution in [0.1, 0.15) is 51.4 Å². The van der Waals surface area contributed by atoms with Crippen LogP contribution in [-0.4, -0.2) is 70.6 Å². The molecule has 1 spiro atoms. The van der Waals surface area contributed by atoms with Gasteiger partial charge in [0.25, 0.3) is 0 Å². The highest BCUT2D eigenvalue weighted by atomic mass is 19.1. The molecule has 7 nitrogen and oxygen atoms in total. The maximum absolute atomic E-state index is 14.7. The van der Waals surface area contributed by atoms with Crippen molar-refractivity contribution in [1.82, 2.24) is 19.8 Å². The van der Waals surface area contributed by atoms with E-state index in [1.807, 2.05) is 0 Å². The topological polar surface area (TPSA) is 69.6 Å². The van der Waals surface area contributed by atoms with E-state index >= 15 is 0 Å². The second kappa shape index (κ2) is 8.73. The second-order valence-corrected chi connectivity index (χ2v) is 8.67. The minimum absolute atomic E-state index is 0.174. The van der Waals surface area contributed by atoms with Crippen LogP contribution in [0.2, 0.25) is 0 Å². The van der Waals surface area contributed by atoms with Gasteiger partial charge in [0.05, 0.1) is 0 Å². The van der Waals surface area contributed by atoms with Crippen molar-refractivity contribution in [2.24, 2.45) is 5.41 Å². The predicted octanol–water partition coefficient (Wildman–Crippen LogP) is 2.38. The van der Waals surface area contributed by atoms with Crippen molar-refractivity contribution in [2.75, 3.05) is 37.6 Å². The lowest BCUT2D eigenvalue weighted by atomic mass is 9.76. The van der Waals surface area contributed by atoms with Crippen LogP contribution in [0.4, 0.5) is 10.3 Å². The highest BCUT2D eigenvalue weighted by Gasteiger charge is 2.46. The summed E-state index contributed by atoms with van der Waals surface area (Å²) < 4.78 is 14.7. The van der Waals surface area contributed by atoms with Gasteiger partial charge in [0.15, 0.2) is 6.30 Å². The Morgan fingerprint density at radius 2 is 1.62 bits per heavy atom. The van der Waals surface area contributed by atoms with Gasteiger partial charge >= 0.3 is 0 Å². The van der Waals surface area contributed by atoms with Gasteiger partial charge in [0, 0.05) is 51.4 Å². The standard InChI is InChI=1S/C21H30FN5O2/c22-17(27-18(28)15-21(16-19(27)29)6-1-2-7-21)5-3-10-25-11-13-26(14-12-25)20-23-8-4-9-24-20/h4,8-9,17H,1-3,5-7,10-16H2. The van der Waals surface area contributed by atoms with Gasteiger partial charge in [-0.15, -0.1) is 0 Å². The summed E-state index contributed by atoms with van der Waals surface area (Å²) in [5.74, 6) is 0.123. The van der Waals surface area contributed by atoms with Crippen molar-refractivity contribution < 1.29 is 14.0 Å². The van der Waals surface area contributed by atoms with Crippen molar-refractivity contribution in [3.05, 3.63) is 18.5 Å². The lowest BCUT2D eigenvalue weighted by Crippen LogP contribution is -2.51. The fourth-order valence-electron chi connectivity index (χ4n) is 5.04. The molecule has 1 aromatic rings. The Morgan fingerprint density at radius 3 is 2.24 bits per heavy atom. The molecule has 3 heterocycles. The number of hydrogen-bond acceptors (Lipinski definition) is 6. The molecule has 3 fully saturated rings. The zero-order chi connectivity index (χ0) is 20.3. The molecule has 1 atom stereocenters. The maximum atomic E-state index is 14.7. The van der Waals surface area contributed by atoms with Gasteiger partial charge < -0.3 is 4.90 Å². The first kappa shape index (κ1) is 20.2. The zero-order valence-electron chi connectivity index (χ0n) is 16.9. The molecule has 1 aromatic heterocycles. The van der Waals surface area contributed by atoms with Crippen LogP contribution in [0.5, 0.6) is 0 Å². The molecule has 1 aliphatic carbocycles. The Kier molecular flexibility index (Phi) is 6.08. The second-order valence-electron chi connectivity index (χ2n) is 8.67. The van der Waals surface area contributed by atoms with Crippen LogP contribution < -0.4 is 4.90 Å². The Balaban J connectivity index is 1.20. The van der Waals surface area contributed by atoms with Crippen molar-refractivity contribution in [3.63, 3.8) is 0 Å². The first-order valence-electron chi connectivity index (χ1n) is 10.8. The fraction of sp³-hybridized carbons (Fsp3) is 0.714. The third-order valence-corrected chi connectivity index (χ3v) is 6.66. The van der Waals surface area contributed by atoms with Crippen molar-refractivity contribution >= 4 is 17.8 Å². The maximum Gasteiger partial charge on any atom is 0.232 e. The number of piperazine rings is 1. The highest BCUT2D eigenvalue weighted by Crippen LogP contribution is 2.47. The molecule has 3 aliphatic rings. The minimum Gasteiger partial charge on any atom is -0.338 e. The number of alkyl halides is 1. The highest BCUT2D eigenvalue weighted by molar-refractivity contribution is 5.98. The summed E-state index contributed by atoms with van der Waals surface area (Å²) in [5.41, 5.74) is -0.174. The van der Waals surface area contributed by atoms with E-state index in [4.69, 9.17) is 0 Å². The Morgan fingerprint density at radius 1 is 1.00 bits per heavy atom. The number of carbonyl (C=O) groups excluding carboxylic acids is 2. The van der Waals surface area contributed by atoms with Gasteiger partial charge in [-0.1, -0.05) is 12.8 Å². The SMILES string of the molecule is O=C1CC2(CCCC2)CC(=O)N1C(F)CCCN1CCN(c2ncccn2)CC1. The first-order valence-corrected chi connectivity index (χ1v) is 10.8. The molecule has 0 radical (unpaired) electrons. The van der Waals surface area contributed by atoms with Crippen molar-refractivity contribution in [3.8, 4) is 0 Å². The van der Waals surface area contributed by atoms with Gasteiger partial charge in [0.2, 0.25) is 17.8 Å². The molecule has 1 unspecified atom stereocenters. The zero-order valence-corrected chi connectivity index (χ0v) is 16.9. The number of amides is 2. The van der Waals surface area contributed by atoms with Gasteiger partial charge in [-0.3, -0.25) is 19.4 Å². The summed E-state index contributed by atoms with van der Waals surface area (Å²) in [6.07, 6.45) is 7.51. The van der Waals surface area contributed by atoms with E-state index in [1.165, 1.54) is 0 Å². The molecule has 4 rings (SSSR count). The van der Waals surface area contributed by atoms with Crippen LogP contribution in [0.15, 0.2) is 18.5 Å². The third kappa shape index (κ3) is 4.57. The number of hydrogen-bond donors (Lipinski definition) is 0. The van der Waals surface area contributed by atoms with E-state index in [0.29, 0.717) is 19.3 Å². The van der Waals surface area contributed by atoms with Crippen LogP contribution in [0.25, 0.3) is 0 Å². The number of anilines is 1. The molecule has 2 aliphatic heterocycles. The first-order chi connectivity index (χ1) is 14.1. The van der Waals surface area contributed by atoms with E-state index in [9.17, 15) is 14.0 Å². The predicted molar refractivity (Wildman–Crippen MR) is 107 cm³/mol. The van der Waals surface area contributed by atoms with Crippen molar-refractivity contribution in [1.29, 1.82) is 0 Å². The summed E-state index contributed by atoms with van der Waals surface area (Å²) in [4.78, 5) is 38.9. The molecule has 0 bridgehead atoms. The van der Waals surface area contributed by atoms with E-state index < -0.39 is 6.30 Å². The molecular weight excluding hydrogens is 373 g/mol. The molecule has 2 saturated heterocycles. The lowest BCUT2D eigenvalue weighted by Gasteiger charge is -2.38. The van der Waals surface area contributed by atoms with E-state index in [2.05, 4.69) is 19.8 Å². The largest absolute Gasteiger partial charge is 0.338 e. The Labute approximate surface area is 171 Å². The summed E-state index contributed by atoms with van der Waals surface area (Å²) in [7, 11) is 0. The monoisotopic (exact) mass is 403 g/mol. The molecular formula is C21H30FN5O2.